The molecule has 0 unspecified atom stereocenters. The molecule has 1 fully saturated rings. The molecule has 1 saturated heterocycles. The number of carbonyl (C=O) groups is 1. The van der Waals surface area contributed by atoms with Crippen LogP contribution < -0.4 is 0 Å². The van der Waals surface area contributed by atoms with E-state index in [9.17, 15) is 4.79 Å². The Kier molecular flexibility index (Phi) is 3.22. The molecule has 0 N–H and O–H groups in total. The van der Waals surface area contributed by atoms with Gasteiger partial charge < -0.3 is 9.47 Å². The van der Waals surface area contributed by atoms with Crippen molar-refractivity contribution in [3.8, 4) is 0 Å². The third-order valence-electron chi connectivity index (χ3n) is 2.49. The molecule has 1 aliphatic rings. The zero-order chi connectivity index (χ0) is 9.90. The van der Waals surface area contributed by atoms with Gasteiger partial charge in [-0.1, -0.05) is 6.58 Å². The Labute approximate surface area is 78.7 Å². The van der Waals surface area contributed by atoms with E-state index in [1.165, 1.54) is 0 Å². The Hall–Kier alpha value is -0.670. The molecule has 0 aromatic rings. The van der Waals surface area contributed by atoms with Gasteiger partial charge >= 0.3 is 0 Å². The summed E-state index contributed by atoms with van der Waals surface area (Å²) in [6.45, 7) is 6.55. The lowest BCUT2D eigenvalue weighted by atomic mass is 9.86. The summed E-state index contributed by atoms with van der Waals surface area (Å²) in [7, 11) is 1.58. The number of methoxy groups -OCH3 is 1. The molecular weight excluding hydrogens is 168 g/mol. The molecule has 13 heavy (non-hydrogen) atoms. The number of Topliss-reactive ketones (excluding diaryl/α,β-unsaturated/α-hetero) is 1. The van der Waals surface area contributed by atoms with Crippen LogP contribution in [0.3, 0.4) is 0 Å². The minimum Gasteiger partial charge on any atom is -0.381 e. The summed E-state index contributed by atoms with van der Waals surface area (Å²) in [6, 6.07) is 0. The molecule has 0 amide bonds. The summed E-state index contributed by atoms with van der Waals surface area (Å²) in [4.78, 5) is 11.8. The van der Waals surface area contributed by atoms with Crippen LogP contribution >= 0.6 is 0 Å². The van der Waals surface area contributed by atoms with E-state index in [2.05, 4.69) is 6.58 Å². The average molecular weight is 184 g/mol. The quantitative estimate of drug-likeness (QED) is 0.621. The smallest absolute Gasteiger partial charge is 0.189 e. The number of hydrogen-bond acceptors (Lipinski definition) is 3. The van der Waals surface area contributed by atoms with Crippen LogP contribution in [0.4, 0.5) is 0 Å². The summed E-state index contributed by atoms with van der Waals surface area (Å²) in [6.07, 6.45) is 1.27. The molecule has 3 nitrogen and oxygen atoms in total. The number of hydrogen-bond donors (Lipinski definition) is 0. The van der Waals surface area contributed by atoms with Crippen LogP contribution in [0.5, 0.6) is 0 Å². The van der Waals surface area contributed by atoms with E-state index in [4.69, 9.17) is 9.47 Å². The Bertz CT molecular complexity index is 214. The molecule has 0 bridgehead atoms. The second kappa shape index (κ2) is 4.03. The Morgan fingerprint density at radius 1 is 1.46 bits per heavy atom. The maximum Gasteiger partial charge on any atom is 0.189 e. The zero-order valence-electron chi connectivity index (χ0n) is 8.26. The van der Waals surface area contributed by atoms with Gasteiger partial charge in [0, 0.05) is 33.2 Å². The molecule has 0 aliphatic carbocycles. The third-order valence-corrected chi connectivity index (χ3v) is 2.49. The fourth-order valence-electron chi connectivity index (χ4n) is 1.61. The number of carbonyl (C=O) groups excluding carboxylic acids is 1. The molecule has 0 radical (unpaired) electrons. The van der Waals surface area contributed by atoms with Gasteiger partial charge in [-0.05, 0) is 12.5 Å². The van der Waals surface area contributed by atoms with E-state index in [0.717, 1.165) is 0 Å². The van der Waals surface area contributed by atoms with Crippen molar-refractivity contribution >= 4 is 5.78 Å². The summed E-state index contributed by atoms with van der Waals surface area (Å²) < 4.78 is 10.5. The summed E-state index contributed by atoms with van der Waals surface area (Å²) in [5.41, 5.74) is -0.104. The van der Waals surface area contributed by atoms with Gasteiger partial charge in [-0.2, -0.15) is 0 Å². The average Bonchev–Trinajstić information content (AvgIpc) is 2.17. The minimum atomic E-state index is -0.663. The van der Waals surface area contributed by atoms with Gasteiger partial charge in [0.15, 0.2) is 5.78 Å². The standard InChI is InChI=1S/C10H16O3/c1-8(2)9(11)10(12-3)4-6-13-7-5-10/h1,4-7H2,2-3H3. The zero-order valence-corrected chi connectivity index (χ0v) is 8.26. The van der Waals surface area contributed by atoms with Crippen LogP contribution in [0, 0.1) is 0 Å². The predicted molar refractivity (Wildman–Crippen MR) is 49.6 cm³/mol. The molecule has 1 aliphatic heterocycles. The number of ether oxygens (including phenoxy) is 2. The monoisotopic (exact) mass is 184 g/mol. The fourth-order valence-corrected chi connectivity index (χ4v) is 1.61. The number of ketones is 1. The maximum absolute atomic E-state index is 11.8. The van der Waals surface area contributed by atoms with Gasteiger partial charge in [0.2, 0.25) is 0 Å². The Morgan fingerprint density at radius 3 is 2.38 bits per heavy atom. The van der Waals surface area contributed by atoms with E-state index in [0.29, 0.717) is 31.6 Å². The highest BCUT2D eigenvalue weighted by Gasteiger charge is 2.39. The Balaban J connectivity index is 2.78. The molecule has 0 aromatic heterocycles. The lowest BCUT2D eigenvalue weighted by Crippen LogP contribution is -2.45. The van der Waals surface area contributed by atoms with Crippen LogP contribution in [0.1, 0.15) is 19.8 Å². The lowest BCUT2D eigenvalue weighted by molar-refractivity contribution is -0.148. The molecular formula is C10H16O3. The first-order valence-electron chi connectivity index (χ1n) is 4.45. The molecule has 0 aromatic carbocycles. The van der Waals surface area contributed by atoms with Gasteiger partial charge in [0.1, 0.15) is 5.60 Å². The van der Waals surface area contributed by atoms with Crippen LogP contribution in [-0.4, -0.2) is 31.7 Å². The second-order valence-electron chi connectivity index (χ2n) is 3.42. The Morgan fingerprint density at radius 2 is 2.00 bits per heavy atom. The highest BCUT2D eigenvalue weighted by Crippen LogP contribution is 2.27. The SMILES string of the molecule is C=C(C)C(=O)C1(OC)CCOCC1. The van der Waals surface area contributed by atoms with Gasteiger partial charge in [-0.15, -0.1) is 0 Å². The second-order valence-corrected chi connectivity index (χ2v) is 3.42. The van der Waals surface area contributed by atoms with Gasteiger partial charge in [0.05, 0.1) is 0 Å². The highest BCUT2D eigenvalue weighted by molar-refractivity contribution is 6.01. The van der Waals surface area contributed by atoms with Crippen molar-refractivity contribution in [3.05, 3.63) is 12.2 Å². The summed E-state index contributed by atoms with van der Waals surface area (Å²) >= 11 is 0. The van der Waals surface area contributed by atoms with E-state index >= 15 is 0 Å². The largest absolute Gasteiger partial charge is 0.381 e. The third kappa shape index (κ3) is 1.98. The molecule has 0 spiro atoms. The highest BCUT2D eigenvalue weighted by atomic mass is 16.5. The fraction of sp³-hybridized carbons (Fsp3) is 0.700. The normalized spacial score (nSPS) is 21.1. The van der Waals surface area contributed by atoms with Crippen molar-refractivity contribution < 1.29 is 14.3 Å². The van der Waals surface area contributed by atoms with Crippen LogP contribution in [0.2, 0.25) is 0 Å². The van der Waals surface area contributed by atoms with E-state index in [1.54, 1.807) is 14.0 Å². The minimum absolute atomic E-state index is 0.0123. The predicted octanol–water partition coefficient (Wildman–Crippen LogP) is 1.33. The van der Waals surface area contributed by atoms with Gasteiger partial charge in [-0.25, -0.2) is 0 Å². The molecule has 74 valence electrons. The van der Waals surface area contributed by atoms with E-state index in [-0.39, 0.29) is 5.78 Å². The molecule has 0 saturated carbocycles. The van der Waals surface area contributed by atoms with Crippen molar-refractivity contribution in [1.82, 2.24) is 0 Å². The molecule has 0 atom stereocenters. The first kappa shape index (κ1) is 10.4. The van der Waals surface area contributed by atoms with Crippen molar-refractivity contribution in [1.29, 1.82) is 0 Å². The van der Waals surface area contributed by atoms with E-state index < -0.39 is 5.60 Å². The first-order chi connectivity index (χ1) is 6.12. The maximum atomic E-state index is 11.8. The van der Waals surface area contributed by atoms with Crippen LogP contribution in [-0.2, 0) is 14.3 Å². The van der Waals surface area contributed by atoms with Gasteiger partial charge in [-0.3, -0.25) is 4.79 Å². The van der Waals surface area contributed by atoms with Crippen molar-refractivity contribution in [2.75, 3.05) is 20.3 Å². The summed E-state index contributed by atoms with van der Waals surface area (Å²) in [5, 5.41) is 0. The van der Waals surface area contributed by atoms with Crippen LogP contribution in [0.15, 0.2) is 12.2 Å². The lowest BCUT2D eigenvalue weighted by Gasteiger charge is -2.34. The summed E-state index contributed by atoms with van der Waals surface area (Å²) in [5.74, 6) is 0.0123. The topological polar surface area (TPSA) is 35.5 Å². The van der Waals surface area contributed by atoms with Crippen molar-refractivity contribution in [2.45, 2.75) is 25.4 Å². The van der Waals surface area contributed by atoms with Crippen molar-refractivity contribution in [3.63, 3.8) is 0 Å². The van der Waals surface area contributed by atoms with Crippen molar-refractivity contribution in [2.24, 2.45) is 0 Å². The molecule has 3 heteroatoms. The molecule has 1 heterocycles. The van der Waals surface area contributed by atoms with E-state index in [1.807, 2.05) is 0 Å². The molecule has 1 rings (SSSR count). The first-order valence-corrected chi connectivity index (χ1v) is 4.45. The van der Waals surface area contributed by atoms with Gasteiger partial charge in [0.25, 0.3) is 0 Å². The van der Waals surface area contributed by atoms with Crippen LogP contribution in [0.25, 0.3) is 0 Å². The number of rotatable bonds is 3.